The van der Waals surface area contributed by atoms with Gasteiger partial charge in [-0.2, -0.15) is 0 Å². The van der Waals surface area contributed by atoms with Crippen molar-refractivity contribution >= 4 is 0 Å². The van der Waals surface area contributed by atoms with E-state index >= 15 is 0 Å². The van der Waals surface area contributed by atoms with Crippen LogP contribution < -0.4 is 5.32 Å². The molecule has 0 fully saturated rings. The molecule has 0 aliphatic rings. The first-order valence-corrected chi connectivity index (χ1v) is 6.00. The lowest BCUT2D eigenvalue weighted by Crippen LogP contribution is -2.34. The average molecular weight is 216 g/mol. The van der Waals surface area contributed by atoms with Gasteiger partial charge in [-0.05, 0) is 33.4 Å². The summed E-state index contributed by atoms with van der Waals surface area (Å²) in [5.41, 5.74) is 0. The van der Waals surface area contributed by atoms with E-state index in [-0.39, 0.29) is 0 Å². The molecule has 0 aromatic rings. The molecule has 0 saturated heterocycles. The van der Waals surface area contributed by atoms with Crippen molar-refractivity contribution in [3.05, 3.63) is 0 Å². The van der Waals surface area contributed by atoms with Gasteiger partial charge in [0.05, 0.1) is 0 Å². The van der Waals surface area contributed by atoms with Gasteiger partial charge in [-0.15, -0.1) is 0 Å². The highest BCUT2D eigenvalue weighted by Gasteiger charge is 2.08. The summed E-state index contributed by atoms with van der Waals surface area (Å²) in [5, 5.41) is 3.45. The Morgan fingerprint density at radius 3 is 2.47 bits per heavy atom. The fraction of sp³-hybridized carbons (Fsp3) is 1.00. The normalized spacial score (nSPS) is 13.8. The smallest absolute Gasteiger partial charge is 0.0474 e. The summed E-state index contributed by atoms with van der Waals surface area (Å²) >= 11 is 0. The Kier molecular flexibility index (Phi) is 9.06. The second-order valence-corrected chi connectivity index (χ2v) is 4.57. The fourth-order valence-corrected chi connectivity index (χ4v) is 1.48. The van der Waals surface area contributed by atoms with Crippen LogP contribution in [0.1, 0.15) is 33.6 Å². The lowest BCUT2D eigenvalue weighted by Gasteiger charge is -2.25. The molecule has 0 saturated carbocycles. The molecule has 1 N–H and O–H groups in total. The highest BCUT2D eigenvalue weighted by atomic mass is 16.5. The largest absolute Gasteiger partial charge is 0.385 e. The second-order valence-electron chi connectivity index (χ2n) is 4.57. The van der Waals surface area contributed by atoms with E-state index in [1.807, 2.05) is 0 Å². The topological polar surface area (TPSA) is 24.5 Å². The van der Waals surface area contributed by atoms with Crippen LogP contribution in [0.5, 0.6) is 0 Å². The minimum absolute atomic E-state index is 0.594. The number of hydrogen-bond acceptors (Lipinski definition) is 3. The Balaban J connectivity index is 3.46. The quantitative estimate of drug-likeness (QED) is 0.594. The standard InChI is InChI=1S/C12H28N2O/c1-11(2)13-8-7-12(3)14(4)9-6-10-15-5/h11-13H,6-10H2,1-5H3. The lowest BCUT2D eigenvalue weighted by molar-refractivity contribution is 0.166. The Bertz CT molecular complexity index is 140. The van der Waals surface area contributed by atoms with E-state index in [1.54, 1.807) is 7.11 Å². The van der Waals surface area contributed by atoms with E-state index in [2.05, 4.69) is 38.0 Å². The van der Waals surface area contributed by atoms with Crippen molar-refractivity contribution in [1.29, 1.82) is 0 Å². The molecule has 3 nitrogen and oxygen atoms in total. The number of methoxy groups -OCH3 is 1. The molecule has 92 valence electrons. The molecule has 0 aliphatic carbocycles. The van der Waals surface area contributed by atoms with Crippen LogP contribution >= 0.6 is 0 Å². The second kappa shape index (κ2) is 9.13. The van der Waals surface area contributed by atoms with Crippen LogP contribution in [-0.4, -0.2) is 50.8 Å². The van der Waals surface area contributed by atoms with Crippen molar-refractivity contribution < 1.29 is 4.74 Å². The van der Waals surface area contributed by atoms with Gasteiger partial charge in [0.1, 0.15) is 0 Å². The zero-order valence-electron chi connectivity index (χ0n) is 11.0. The van der Waals surface area contributed by atoms with E-state index in [0.29, 0.717) is 12.1 Å². The molecule has 15 heavy (non-hydrogen) atoms. The Morgan fingerprint density at radius 2 is 1.93 bits per heavy atom. The van der Waals surface area contributed by atoms with E-state index in [1.165, 1.54) is 6.42 Å². The Labute approximate surface area is 95.2 Å². The van der Waals surface area contributed by atoms with Crippen molar-refractivity contribution in [2.45, 2.75) is 45.7 Å². The highest BCUT2D eigenvalue weighted by molar-refractivity contribution is 4.65. The number of ether oxygens (including phenoxy) is 1. The van der Waals surface area contributed by atoms with Crippen molar-refractivity contribution in [2.24, 2.45) is 0 Å². The van der Waals surface area contributed by atoms with Crippen LogP contribution in [-0.2, 0) is 4.74 Å². The first-order valence-electron chi connectivity index (χ1n) is 6.00. The summed E-state index contributed by atoms with van der Waals surface area (Å²) in [6.45, 7) is 9.75. The SMILES string of the molecule is COCCCN(C)C(C)CCNC(C)C. The maximum Gasteiger partial charge on any atom is 0.0474 e. The number of nitrogens with one attached hydrogen (secondary N) is 1. The first-order chi connectivity index (χ1) is 7.07. The van der Waals surface area contributed by atoms with Crippen LogP contribution in [0.15, 0.2) is 0 Å². The van der Waals surface area contributed by atoms with Crippen LogP contribution in [0.25, 0.3) is 0 Å². The van der Waals surface area contributed by atoms with Gasteiger partial charge in [-0.1, -0.05) is 13.8 Å². The summed E-state index contributed by atoms with van der Waals surface area (Å²) in [6, 6.07) is 1.24. The van der Waals surface area contributed by atoms with E-state index < -0.39 is 0 Å². The van der Waals surface area contributed by atoms with Gasteiger partial charge >= 0.3 is 0 Å². The molecular weight excluding hydrogens is 188 g/mol. The van der Waals surface area contributed by atoms with Crippen molar-refractivity contribution in [3.63, 3.8) is 0 Å². The molecule has 3 heteroatoms. The molecule has 0 aromatic heterocycles. The first kappa shape index (κ1) is 14.9. The predicted molar refractivity (Wildman–Crippen MR) is 66.3 cm³/mol. The summed E-state index contributed by atoms with van der Waals surface area (Å²) in [4.78, 5) is 2.40. The maximum absolute atomic E-state index is 5.05. The van der Waals surface area contributed by atoms with Crippen LogP contribution in [0.4, 0.5) is 0 Å². The van der Waals surface area contributed by atoms with E-state index in [9.17, 15) is 0 Å². The zero-order chi connectivity index (χ0) is 11.7. The van der Waals surface area contributed by atoms with E-state index in [0.717, 1.165) is 26.1 Å². The maximum atomic E-state index is 5.05. The Hall–Kier alpha value is -0.120. The van der Waals surface area contributed by atoms with Crippen LogP contribution in [0, 0.1) is 0 Å². The monoisotopic (exact) mass is 216 g/mol. The summed E-state index contributed by atoms with van der Waals surface area (Å²) in [7, 11) is 3.95. The Morgan fingerprint density at radius 1 is 1.27 bits per heavy atom. The zero-order valence-corrected chi connectivity index (χ0v) is 11.0. The summed E-state index contributed by atoms with van der Waals surface area (Å²) in [5.74, 6) is 0. The molecule has 0 amide bonds. The molecule has 0 heterocycles. The third-order valence-electron chi connectivity index (χ3n) is 2.73. The van der Waals surface area contributed by atoms with Gasteiger partial charge in [0, 0.05) is 32.3 Å². The molecule has 1 unspecified atom stereocenters. The number of nitrogens with zero attached hydrogens (tertiary/aromatic N) is 1. The van der Waals surface area contributed by atoms with Crippen molar-refractivity contribution in [2.75, 3.05) is 33.9 Å². The molecule has 0 spiro atoms. The number of hydrogen-bond donors (Lipinski definition) is 1. The molecule has 0 bridgehead atoms. The summed E-state index contributed by atoms with van der Waals surface area (Å²) in [6.07, 6.45) is 2.33. The van der Waals surface area contributed by atoms with Gasteiger partial charge < -0.3 is 15.0 Å². The van der Waals surface area contributed by atoms with Gasteiger partial charge in [0.2, 0.25) is 0 Å². The fourth-order valence-electron chi connectivity index (χ4n) is 1.48. The van der Waals surface area contributed by atoms with Gasteiger partial charge in [-0.25, -0.2) is 0 Å². The molecular formula is C12H28N2O. The minimum Gasteiger partial charge on any atom is -0.385 e. The predicted octanol–water partition coefficient (Wildman–Crippen LogP) is 1.73. The molecule has 0 aliphatic heterocycles. The molecule has 0 aromatic carbocycles. The lowest BCUT2D eigenvalue weighted by atomic mass is 10.2. The van der Waals surface area contributed by atoms with Gasteiger partial charge in [0.25, 0.3) is 0 Å². The van der Waals surface area contributed by atoms with Crippen molar-refractivity contribution in [1.82, 2.24) is 10.2 Å². The van der Waals surface area contributed by atoms with Crippen molar-refractivity contribution in [3.8, 4) is 0 Å². The van der Waals surface area contributed by atoms with Gasteiger partial charge in [-0.3, -0.25) is 0 Å². The molecule has 0 radical (unpaired) electrons. The summed E-state index contributed by atoms with van der Waals surface area (Å²) < 4.78 is 5.05. The third-order valence-corrected chi connectivity index (χ3v) is 2.73. The highest BCUT2D eigenvalue weighted by Crippen LogP contribution is 2.01. The van der Waals surface area contributed by atoms with Crippen LogP contribution in [0.3, 0.4) is 0 Å². The molecule has 1 atom stereocenters. The number of rotatable bonds is 9. The average Bonchev–Trinajstić information content (AvgIpc) is 2.17. The minimum atomic E-state index is 0.594. The van der Waals surface area contributed by atoms with Crippen LogP contribution in [0.2, 0.25) is 0 Å². The van der Waals surface area contributed by atoms with E-state index in [4.69, 9.17) is 4.74 Å². The van der Waals surface area contributed by atoms with Gasteiger partial charge in [0.15, 0.2) is 0 Å². The molecule has 0 rings (SSSR count). The third kappa shape index (κ3) is 8.85.